The van der Waals surface area contributed by atoms with Crippen molar-refractivity contribution in [2.45, 2.75) is 45.6 Å². The number of amides is 6. The van der Waals surface area contributed by atoms with E-state index >= 15 is 0 Å². The summed E-state index contributed by atoms with van der Waals surface area (Å²) < 4.78 is 11.1. The fraction of sp³-hybridized carbons (Fsp3) is 0.156. The molecular weight excluding hydrogens is 721 g/mol. The van der Waals surface area contributed by atoms with Crippen molar-refractivity contribution in [2.24, 2.45) is 0 Å². The topological polar surface area (TPSA) is 159 Å². The third kappa shape index (κ3) is 10.9. The van der Waals surface area contributed by atoms with Crippen molar-refractivity contribution in [1.29, 1.82) is 0 Å². The molecule has 6 rings (SSSR count). The van der Waals surface area contributed by atoms with Crippen molar-refractivity contribution < 1.29 is 28.7 Å². The Hall–Kier alpha value is -7.34. The molecule has 57 heavy (non-hydrogen) atoms. The quantitative estimate of drug-likeness (QED) is 0.0777. The van der Waals surface area contributed by atoms with Crippen LogP contribution >= 0.6 is 0 Å². The van der Waals surface area contributed by atoms with E-state index in [2.05, 4.69) is 45.7 Å². The average molecular weight is 765 g/mol. The van der Waals surface area contributed by atoms with E-state index in [1.165, 1.54) is 0 Å². The van der Waals surface area contributed by atoms with Crippen LogP contribution in [0.2, 0.25) is 0 Å². The number of hydrogen-bond donors (Lipinski definition) is 6. The summed E-state index contributed by atoms with van der Waals surface area (Å²) >= 11 is 0. The van der Waals surface area contributed by atoms with Gasteiger partial charge in [0.25, 0.3) is 0 Å². The lowest BCUT2D eigenvalue weighted by Gasteiger charge is -2.26. The van der Waals surface area contributed by atoms with Crippen LogP contribution < -0.4 is 41.4 Å². The Morgan fingerprint density at radius 2 is 1.00 bits per heavy atom. The maximum atomic E-state index is 12.9. The normalized spacial score (nSPS) is 12.2. The molecule has 0 atom stereocenters. The van der Waals surface area contributed by atoms with E-state index in [1.54, 1.807) is 72.8 Å². The summed E-state index contributed by atoms with van der Waals surface area (Å²) in [7, 11) is 0. The van der Waals surface area contributed by atoms with Crippen molar-refractivity contribution in [3.63, 3.8) is 0 Å². The summed E-state index contributed by atoms with van der Waals surface area (Å²) in [5, 5.41) is 16.7. The van der Waals surface area contributed by atoms with Gasteiger partial charge in [-0.1, -0.05) is 92.7 Å². The number of ether oxygens (including phenoxy) is 2. The molecule has 0 aromatic heterocycles. The highest BCUT2D eigenvalue weighted by Crippen LogP contribution is 2.34. The fourth-order valence-electron chi connectivity index (χ4n) is 6.02. The Kier molecular flexibility index (Phi) is 12.3. The van der Waals surface area contributed by atoms with Crippen molar-refractivity contribution in [1.82, 2.24) is 5.32 Å². The molecule has 5 aromatic carbocycles. The van der Waals surface area contributed by atoms with Gasteiger partial charge in [-0.25, -0.2) is 19.2 Å². The third-order valence-corrected chi connectivity index (χ3v) is 9.33. The Morgan fingerprint density at radius 3 is 1.49 bits per heavy atom. The molecular formula is C45H44N6O6. The van der Waals surface area contributed by atoms with Gasteiger partial charge in [-0.2, -0.15) is 0 Å². The van der Waals surface area contributed by atoms with Gasteiger partial charge in [0.15, 0.2) is 0 Å². The van der Waals surface area contributed by atoms with Gasteiger partial charge < -0.3 is 30.7 Å². The monoisotopic (exact) mass is 764 g/mol. The maximum Gasteiger partial charge on any atom is 0.417 e. The van der Waals surface area contributed by atoms with Crippen LogP contribution in [0.3, 0.4) is 0 Å². The SMILES string of the molecule is Cc1ccc(NC(=O)Nc2ccccc2)cc1NC(=O)Oc1ccc(C(C)(C)c2ccc(OC(=O)Nc3cc(NC(=O)NC4C=CCC=C4)ccc3C)cc2)cc1. The van der Waals surface area contributed by atoms with E-state index in [9.17, 15) is 19.2 Å². The van der Waals surface area contributed by atoms with E-state index in [4.69, 9.17) is 9.47 Å². The zero-order valence-corrected chi connectivity index (χ0v) is 32.0. The van der Waals surface area contributed by atoms with E-state index in [-0.39, 0.29) is 12.1 Å². The molecule has 6 N–H and O–H groups in total. The van der Waals surface area contributed by atoms with Gasteiger partial charge in [0.1, 0.15) is 11.5 Å². The Labute approximate surface area is 331 Å². The van der Waals surface area contributed by atoms with Crippen LogP contribution in [0.15, 0.2) is 140 Å². The highest BCUT2D eigenvalue weighted by molar-refractivity contribution is 6.00. The van der Waals surface area contributed by atoms with Gasteiger partial charge in [-0.05, 0) is 103 Å². The van der Waals surface area contributed by atoms with Gasteiger partial charge in [-0.3, -0.25) is 10.6 Å². The number of carbonyl (C=O) groups excluding carboxylic acids is 4. The van der Waals surface area contributed by atoms with Gasteiger partial charge in [-0.15, -0.1) is 0 Å². The summed E-state index contributed by atoms with van der Waals surface area (Å²) in [4.78, 5) is 50.7. The highest BCUT2D eigenvalue weighted by atomic mass is 16.6. The molecule has 1 aliphatic rings. The number of nitrogens with one attached hydrogen (secondary N) is 6. The smallest absolute Gasteiger partial charge is 0.410 e. The van der Waals surface area contributed by atoms with Crippen LogP contribution in [0, 0.1) is 13.8 Å². The minimum Gasteiger partial charge on any atom is -0.410 e. The number of urea groups is 2. The van der Waals surface area contributed by atoms with Crippen LogP contribution in [-0.2, 0) is 5.41 Å². The molecule has 5 aromatic rings. The van der Waals surface area contributed by atoms with E-state index in [0.29, 0.717) is 39.9 Å². The molecule has 0 radical (unpaired) electrons. The summed E-state index contributed by atoms with van der Waals surface area (Å²) in [6.07, 6.45) is 7.31. The van der Waals surface area contributed by atoms with Gasteiger partial charge in [0.05, 0.1) is 6.04 Å². The van der Waals surface area contributed by atoms with E-state index < -0.39 is 23.6 Å². The average Bonchev–Trinajstić information content (AvgIpc) is 3.18. The van der Waals surface area contributed by atoms with Crippen LogP contribution in [0.1, 0.15) is 42.5 Å². The molecule has 0 bridgehead atoms. The molecule has 0 aliphatic heterocycles. The summed E-state index contributed by atoms with van der Waals surface area (Å²) in [5.74, 6) is 0.707. The predicted octanol–water partition coefficient (Wildman–Crippen LogP) is 10.5. The number of para-hydroxylation sites is 1. The van der Waals surface area contributed by atoms with Crippen LogP contribution in [0.25, 0.3) is 0 Å². The minimum atomic E-state index is -0.678. The zero-order valence-electron chi connectivity index (χ0n) is 32.0. The van der Waals surface area contributed by atoms with Crippen LogP contribution in [0.5, 0.6) is 11.5 Å². The fourth-order valence-corrected chi connectivity index (χ4v) is 6.02. The Bertz CT molecular complexity index is 2290. The number of benzene rings is 5. The zero-order chi connectivity index (χ0) is 40.4. The number of allylic oxidation sites excluding steroid dienone is 2. The van der Waals surface area contributed by atoms with Crippen molar-refractivity contribution in [3.05, 3.63) is 162 Å². The number of hydrogen-bond acceptors (Lipinski definition) is 6. The van der Waals surface area contributed by atoms with E-state index in [1.807, 2.05) is 80.6 Å². The van der Waals surface area contributed by atoms with Crippen molar-refractivity contribution in [2.75, 3.05) is 26.6 Å². The molecule has 1 aliphatic carbocycles. The summed E-state index contributed by atoms with van der Waals surface area (Å²) in [6.45, 7) is 7.81. The molecule has 0 saturated carbocycles. The number of aryl methyl sites for hydroxylation is 2. The lowest BCUT2D eigenvalue weighted by Crippen LogP contribution is -2.36. The first-order valence-electron chi connectivity index (χ1n) is 18.4. The minimum absolute atomic E-state index is 0.178. The molecule has 12 heteroatoms. The largest absolute Gasteiger partial charge is 0.417 e. The summed E-state index contributed by atoms with van der Waals surface area (Å²) in [5.41, 5.74) is 5.73. The molecule has 0 saturated heterocycles. The first-order valence-corrected chi connectivity index (χ1v) is 18.4. The second-order valence-corrected chi connectivity index (χ2v) is 13.9. The second kappa shape index (κ2) is 17.9. The molecule has 0 fully saturated rings. The van der Waals surface area contributed by atoms with Gasteiger partial charge in [0, 0.05) is 33.9 Å². The molecule has 12 nitrogen and oxygen atoms in total. The third-order valence-electron chi connectivity index (χ3n) is 9.33. The van der Waals surface area contributed by atoms with Crippen molar-refractivity contribution in [3.8, 4) is 11.5 Å². The number of rotatable bonds is 10. The maximum absolute atomic E-state index is 12.9. The molecule has 6 amide bonds. The number of anilines is 5. The molecule has 0 spiro atoms. The Balaban J connectivity index is 1.00. The van der Waals surface area contributed by atoms with Gasteiger partial charge >= 0.3 is 24.2 Å². The first-order chi connectivity index (χ1) is 27.4. The number of carbonyl (C=O) groups is 4. The molecule has 290 valence electrons. The van der Waals surface area contributed by atoms with Crippen LogP contribution in [-0.4, -0.2) is 30.3 Å². The molecule has 0 unspecified atom stereocenters. The van der Waals surface area contributed by atoms with Gasteiger partial charge in [0.2, 0.25) is 0 Å². The Morgan fingerprint density at radius 1 is 0.544 bits per heavy atom. The lowest BCUT2D eigenvalue weighted by atomic mass is 9.78. The van der Waals surface area contributed by atoms with Crippen molar-refractivity contribution >= 4 is 52.7 Å². The molecule has 0 heterocycles. The highest BCUT2D eigenvalue weighted by Gasteiger charge is 2.24. The lowest BCUT2D eigenvalue weighted by molar-refractivity contribution is 0.214. The van der Waals surface area contributed by atoms with Crippen LogP contribution in [0.4, 0.5) is 47.6 Å². The first kappa shape index (κ1) is 39.4. The summed E-state index contributed by atoms with van der Waals surface area (Å²) in [6, 6.07) is 33.0. The van der Waals surface area contributed by atoms with E-state index in [0.717, 1.165) is 28.7 Å². The second-order valence-electron chi connectivity index (χ2n) is 13.9. The predicted molar refractivity (Wildman–Crippen MR) is 225 cm³/mol. The standard InChI is InChI=1S/C45H44N6O6/c1-29-15-21-35(48-41(52)46-33-11-7-5-8-12-33)27-39(29)50-43(54)56-37-23-17-31(18-24-37)45(3,4)32-19-25-38(26-20-32)57-44(55)51-40-28-36(22-16-30(40)2)49-42(53)47-34-13-9-6-10-14-34/h5,7-28,34H,6H2,1-4H3,(H,50,54)(H,51,55)(H2,46,48,52)(H2,47,49,53).